The standard InChI is InChI=1S/C29H32F2N4O4S/c1-18-10-12-34(13-11-19(18)2)17-21-6-4-7-22(14-21)20(3)35-24-15-23(30)26(16-25(24)39-29(35)36)40(37,38)33-28-9-5-8-27(31)32-28/h4-9,14-16,18-20H,10-13,17H2,1-3H3,(H,32,33). The van der Waals surface area contributed by atoms with Crippen molar-refractivity contribution < 1.29 is 21.6 Å². The van der Waals surface area contributed by atoms with Crippen LogP contribution in [-0.4, -0.2) is 36.0 Å². The number of hydrogen-bond donors (Lipinski definition) is 1. The van der Waals surface area contributed by atoms with Crippen LogP contribution in [-0.2, 0) is 16.6 Å². The molecule has 1 N–H and O–H groups in total. The Hall–Kier alpha value is -3.57. The highest BCUT2D eigenvalue weighted by atomic mass is 32.2. The molecular formula is C29H32F2N4O4S. The molecule has 0 amide bonds. The zero-order chi connectivity index (χ0) is 28.6. The van der Waals surface area contributed by atoms with Gasteiger partial charge in [0.2, 0.25) is 5.95 Å². The number of oxazole rings is 1. The fourth-order valence-electron chi connectivity index (χ4n) is 5.24. The number of nitrogens with one attached hydrogen (secondary N) is 1. The van der Waals surface area contributed by atoms with Crippen molar-refractivity contribution in [3.8, 4) is 0 Å². The van der Waals surface area contributed by atoms with E-state index in [1.807, 2.05) is 29.8 Å². The van der Waals surface area contributed by atoms with Crippen LogP contribution < -0.4 is 10.5 Å². The molecule has 212 valence electrons. The number of halogens is 2. The van der Waals surface area contributed by atoms with E-state index in [2.05, 4.69) is 29.8 Å². The molecule has 0 spiro atoms. The molecule has 1 aliphatic rings. The van der Waals surface area contributed by atoms with Crippen molar-refractivity contribution in [1.29, 1.82) is 0 Å². The number of likely N-dealkylation sites (tertiary alicyclic amines) is 1. The van der Waals surface area contributed by atoms with Crippen LogP contribution in [0, 0.1) is 23.6 Å². The van der Waals surface area contributed by atoms with Gasteiger partial charge in [-0.1, -0.05) is 44.2 Å². The first-order chi connectivity index (χ1) is 19.0. The maximum Gasteiger partial charge on any atom is 0.420 e. The fraction of sp³-hybridized carbons (Fsp3) is 0.379. The van der Waals surface area contributed by atoms with Crippen molar-refractivity contribution in [2.45, 2.75) is 51.1 Å². The van der Waals surface area contributed by atoms with E-state index >= 15 is 4.39 Å². The average molecular weight is 571 g/mol. The summed E-state index contributed by atoms with van der Waals surface area (Å²) in [6.45, 7) is 9.29. The highest BCUT2D eigenvalue weighted by Crippen LogP contribution is 2.29. The Balaban J connectivity index is 1.42. The van der Waals surface area contributed by atoms with Crippen molar-refractivity contribution in [1.82, 2.24) is 14.5 Å². The summed E-state index contributed by atoms with van der Waals surface area (Å²) in [7, 11) is -4.49. The van der Waals surface area contributed by atoms with Crippen molar-refractivity contribution in [2.75, 3.05) is 17.8 Å². The van der Waals surface area contributed by atoms with E-state index in [0.717, 1.165) is 61.8 Å². The van der Waals surface area contributed by atoms with E-state index in [0.29, 0.717) is 11.8 Å². The quantitative estimate of drug-likeness (QED) is 0.293. The molecule has 11 heteroatoms. The Morgan fingerprint density at radius 1 is 1.05 bits per heavy atom. The van der Waals surface area contributed by atoms with E-state index < -0.39 is 38.5 Å². The lowest BCUT2D eigenvalue weighted by Gasteiger charge is -2.21. The zero-order valence-corrected chi connectivity index (χ0v) is 23.4. The molecule has 8 nitrogen and oxygen atoms in total. The van der Waals surface area contributed by atoms with Gasteiger partial charge in [0.05, 0.1) is 11.6 Å². The van der Waals surface area contributed by atoms with Gasteiger partial charge in [-0.3, -0.25) is 14.2 Å². The molecular weight excluding hydrogens is 538 g/mol. The molecule has 1 fully saturated rings. The Kier molecular flexibility index (Phi) is 7.78. The molecule has 3 unspecified atom stereocenters. The van der Waals surface area contributed by atoms with E-state index in [9.17, 15) is 17.6 Å². The zero-order valence-electron chi connectivity index (χ0n) is 22.6. The number of pyridine rings is 1. The van der Waals surface area contributed by atoms with E-state index in [1.165, 1.54) is 16.7 Å². The maximum atomic E-state index is 15.2. The third-order valence-electron chi connectivity index (χ3n) is 7.91. The number of sulfonamides is 1. The molecule has 0 saturated carbocycles. The first-order valence-corrected chi connectivity index (χ1v) is 14.8. The molecule has 0 aliphatic carbocycles. The summed E-state index contributed by atoms with van der Waals surface area (Å²) in [6, 6.07) is 12.9. The van der Waals surface area contributed by atoms with Gasteiger partial charge in [-0.2, -0.15) is 4.39 Å². The highest BCUT2D eigenvalue weighted by Gasteiger charge is 2.26. The fourth-order valence-corrected chi connectivity index (χ4v) is 6.31. The molecule has 2 aromatic heterocycles. The normalized spacial score (nSPS) is 19.4. The number of fused-ring (bicyclic) bond motifs is 1. The molecule has 4 aromatic rings. The number of anilines is 1. The summed E-state index contributed by atoms with van der Waals surface area (Å²) in [6.07, 6.45) is 2.32. The van der Waals surface area contributed by atoms with Crippen LogP contribution in [0.2, 0.25) is 0 Å². The minimum atomic E-state index is -4.49. The van der Waals surface area contributed by atoms with Gasteiger partial charge in [-0.25, -0.2) is 22.6 Å². The Morgan fingerprint density at radius 3 is 2.45 bits per heavy atom. The summed E-state index contributed by atoms with van der Waals surface area (Å²) in [4.78, 5) is 18.1. The predicted octanol–water partition coefficient (Wildman–Crippen LogP) is 5.55. The molecule has 40 heavy (non-hydrogen) atoms. The molecule has 0 bridgehead atoms. The second-order valence-electron chi connectivity index (χ2n) is 10.7. The summed E-state index contributed by atoms with van der Waals surface area (Å²) >= 11 is 0. The number of rotatable bonds is 7. The molecule has 3 atom stereocenters. The lowest BCUT2D eigenvalue weighted by atomic mass is 9.92. The van der Waals surface area contributed by atoms with Crippen LogP contribution in [0.25, 0.3) is 11.1 Å². The van der Waals surface area contributed by atoms with Crippen molar-refractivity contribution in [2.24, 2.45) is 11.8 Å². The van der Waals surface area contributed by atoms with Gasteiger partial charge in [0, 0.05) is 18.7 Å². The predicted molar refractivity (Wildman–Crippen MR) is 149 cm³/mol. The van der Waals surface area contributed by atoms with Gasteiger partial charge >= 0.3 is 5.76 Å². The molecule has 0 radical (unpaired) electrons. The SMILES string of the molecule is CC1CCN(Cc2cccc(C(C)n3c(=O)oc4cc(S(=O)(=O)Nc5cccc(F)n5)c(F)cc43)c2)CCC1C. The van der Waals surface area contributed by atoms with Crippen LogP contribution in [0.5, 0.6) is 0 Å². The Labute approximate surface area is 231 Å². The third kappa shape index (κ3) is 5.80. The van der Waals surface area contributed by atoms with Crippen LogP contribution in [0.1, 0.15) is 50.8 Å². The van der Waals surface area contributed by atoms with Gasteiger partial charge in [-0.05, 0) is 68.0 Å². The van der Waals surface area contributed by atoms with Crippen LogP contribution in [0.4, 0.5) is 14.6 Å². The minimum Gasteiger partial charge on any atom is -0.408 e. The lowest BCUT2D eigenvalue weighted by Crippen LogP contribution is -2.24. The first kappa shape index (κ1) is 28.0. The molecule has 1 saturated heterocycles. The summed E-state index contributed by atoms with van der Waals surface area (Å²) < 4.78 is 63.0. The second kappa shape index (κ2) is 11.1. The molecule has 5 rings (SSSR count). The third-order valence-corrected chi connectivity index (χ3v) is 9.28. The maximum absolute atomic E-state index is 15.2. The Bertz CT molecular complexity index is 1690. The van der Waals surface area contributed by atoms with Gasteiger partial charge in [-0.15, -0.1) is 0 Å². The van der Waals surface area contributed by atoms with Crippen molar-refractivity contribution in [3.63, 3.8) is 0 Å². The number of aromatic nitrogens is 2. The van der Waals surface area contributed by atoms with Crippen LogP contribution >= 0.6 is 0 Å². The van der Waals surface area contributed by atoms with Crippen LogP contribution in [0.15, 0.2) is 68.7 Å². The summed E-state index contributed by atoms with van der Waals surface area (Å²) in [5, 5.41) is 0. The molecule has 1 aliphatic heterocycles. The van der Waals surface area contributed by atoms with Crippen molar-refractivity contribution >= 4 is 26.9 Å². The smallest absolute Gasteiger partial charge is 0.408 e. The van der Waals surface area contributed by atoms with Gasteiger partial charge in [0.15, 0.2) is 5.58 Å². The number of benzene rings is 2. The topological polar surface area (TPSA) is 97.4 Å². The van der Waals surface area contributed by atoms with Crippen molar-refractivity contribution in [3.05, 3.63) is 88.0 Å². The lowest BCUT2D eigenvalue weighted by molar-refractivity contribution is 0.272. The summed E-state index contributed by atoms with van der Waals surface area (Å²) in [5.74, 6) is -1.64. The van der Waals surface area contributed by atoms with E-state index in [-0.39, 0.29) is 16.9 Å². The van der Waals surface area contributed by atoms with E-state index in [4.69, 9.17) is 4.42 Å². The summed E-state index contributed by atoms with van der Waals surface area (Å²) in [5.41, 5.74) is 1.99. The molecule has 2 aromatic carbocycles. The Morgan fingerprint density at radius 2 is 1.75 bits per heavy atom. The minimum absolute atomic E-state index is 0.0882. The monoisotopic (exact) mass is 570 g/mol. The highest BCUT2D eigenvalue weighted by molar-refractivity contribution is 7.92. The van der Waals surface area contributed by atoms with E-state index in [1.54, 1.807) is 0 Å². The van der Waals surface area contributed by atoms with Gasteiger partial charge < -0.3 is 4.42 Å². The largest absolute Gasteiger partial charge is 0.420 e. The van der Waals surface area contributed by atoms with Gasteiger partial charge in [0.1, 0.15) is 16.5 Å². The first-order valence-electron chi connectivity index (χ1n) is 13.3. The van der Waals surface area contributed by atoms with Gasteiger partial charge in [0.25, 0.3) is 10.0 Å². The number of nitrogens with zero attached hydrogens (tertiary/aromatic N) is 3. The average Bonchev–Trinajstić information content (AvgIpc) is 3.14. The second-order valence-corrected chi connectivity index (χ2v) is 12.3. The number of hydrogen-bond acceptors (Lipinski definition) is 6. The molecule has 3 heterocycles. The van der Waals surface area contributed by atoms with Crippen LogP contribution in [0.3, 0.4) is 0 Å².